The predicted octanol–water partition coefficient (Wildman–Crippen LogP) is 1.95. The van der Waals surface area contributed by atoms with E-state index in [9.17, 15) is 9.59 Å². The number of imidazole rings is 1. The van der Waals surface area contributed by atoms with Gasteiger partial charge < -0.3 is 19.4 Å². The van der Waals surface area contributed by atoms with Crippen molar-refractivity contribution in [3.8, 4) is 5.75 Å². The molecule has 1 aromatic carbocycles. The molecule has 0 atom stereocenters. The van der Waals surface area contributed by atoms with Crippen LogP contribution in [0.3, 0.4) is 0 Å². The summed E-state index contributed by atoms with van der Waals surface area (Å²) in [6, 6.07) is 5.23. The third-order valence-electron chi connectivity index (χ3n) is 4.18. The number of fused-ring (bicyclic) bond motifs is 1. The van der Waals surface area contributed by atoms with Gasteiger partial charge in [0, 0.05) is 6.54 Å². The minimum Gasteiger partial charge on any atom is -0.496 e. The monoisotopic (exact) mass is 356 g/mol. The fourth-order valence-electron chi connectivity index (χ4n) is 2.88. The summed E-state index contributed by atoms with van der Waals surface area (Å²) in [7, 11) is 2.95. The van der Waals surface area contributed by atoms with Crippen molar-refractivity contribution in [1.29, 1.82) is 0 Å². The first-order chi connectivity index (χ1) is 12.6. The van der Waals surface area contributed by atoms with E-state index in [1.165, 1.54) is 13.4 Å². The number of carbonyl (C=O) groups is 2. The summed E-state index contributed by atoms with van der Waals surface area (Å²) in [6.07, 6.45) is 4.64. The number of aryl methyl sites for hydroxylation is 2. The van der Waals surface area contributed by atoms with Gasteiger partial charge in [-0.15, -0.1) is 0 Å². The van der Waals surface area contributed by atoms with Gasteiger partial charge in [-0.2, -0.15) is 0 Å². The first-order valence-electron chi connectivity index (χ1n) is 8.22. The molecule has 2 heterocycles. The summed E-state index contributed by atoms with van der Waals surface area (Å²) in [5.74, 6) is 0.900. The molecule has 1 N–H and O–H groups in total. The van der Waals surface area contributed by atoms with Crippen molar-refractivity contribution in [3.63, 3.8) is 0 Å². The Labute approximate surface area is 150 Å². The van der Waals surface area contributed by atoms with Gasteiger partial charge in [0.05, 0.1) is 32.4 Å². The highest BCUT2D eigenvalue weighted by molar-refractivity contribution is 6.04. The molecule has 26 heavy (non-hydrogen) atoms. The van der Waals surface area contributed by atoms with Crippen LogP contribution in [0.1, 0.15) is 32.8 Å². The number of hydrogen-bond acceptors (Lipinski definition) is 7. The molecular weight excluding hydrogens is 336 g/mol. The highest BCUT2D eigenvalue weighted by atomic mass is 16.5. The Balaban J connectivity index is 1.71. The highest BCUT2D eigenvalue weighted by Crippen LogP contribution is 2.23. The van der Waals surface area contributed by atoms with E-state index in [4.69, 9.17) is 9.47 Å². The maximum atomic E-state index is 11.9. The van der Waals surface area contributed by atoms with Crippen LogP contribution >= 0.6 is 0 Å². The zero-order chi connectivity index (χ0) is 18.5. The lowest BCUT2D eigenvalue weighted by Crippen LogP contribution is -2.08. The molecule has 136 valence electrons. The number of methoxy groups -OCH3 is 2. The third kappa shape index (κ3) is 3.58. The van der Waals surface area contributed by atoms with Crippen LogP contribution in [0, 0.1) is 0 Å². The standard InChI is InChI=1S/C18H20N4O4/c1-25-15-6-5-13(18(24)26-2)8-12(15)4-3-7-22-11-21-16-14(23)9-19-10-20-17(16)22/h5-6,8,10-11H,3-4,7,9H2,1-2H3,(H,19,20). The predicted molar refractivity (Wildman–Crippen MR) is 96.2 cm³/mol. The Kier molecular flexibility index (Phi) is 5.31. The zero-order valence-electron chi connectivity index (χ0n) is 14.7. The van der Waals surface area contributed by atoms with Crippen LogP contribution in [-0.2, 0) is 17.7 Å². The van der Waals surface area contributed by atoms with Crippen molar-refractivity contribution in [3.05, 3.63) is 41.3 Å². The SMILES string of the molecule is COC(=O)c1ccc(OC)c(CCCn2cnc3c2NC=NCC3=O)c1. The second kappa shape index (κ2) is 7.81. The summed E-state index contributed by atoms with van der Waals surface area (Å²) in [5, 5.41) is 3.01. The van der Waals surface area contributed by atoms with Gasteiger partial charge in [-0.25, -0.2) is 9.78 Å². The Morgan fingerprint density at radius 2 is 2.19 bits per heavy atom. The van der Waals surface area contributed by atoms with Gasteiger partial charge in [-0.3, -0.25) is 9.79 Å². The maximum absolute atomic E-state index is 11.9. The average Bonchev–Trinajstić information content (AvgIpc) is 2.97. The number of Topliss-reactive ketones (excluding diaryl/α,β-unsaturated/α-hetero) is 1. The molecule has 0 bridgehead atoms. The molecule has 2 aromatic rings. The van der Waals surface area contributed by atoms with Crippen LogP contribution in [0.2, 0.25) is 0 Å². The number of ketones is 1. The quantitative estimate of drug-likeness (QED) is 0.795. The van der Waals surface area contributed by atoms with E-state index in [1.807, 2.05) is 4.57 Å². The zero-order valence-corrected chi connectivity index (χ0v) is 14.7. The highest BCUT2D eigenvalue weighted by Gasteiger charge is 2.19. The lowest BCUT2D eigenvalue weighted by Gasteiger charge is -2.11. The lowest BCUT2D eigenvalue weighted by molar-refractivity contribution is 0.0600. The summed E-state index contributed by atoms with van der Waals surface area (Å²) in [5.41, 5.74) is 1.82. The number of aliphatic imine (C=N–C) groups is 1. The van der Waals surface area contributed by atoms with Crippen molar-refractivity contribution in [2.24, 2.45) is 4.99 Å². The number of nitrogens with one attached hydrogen (secondary N) is 1. The molecule has 0 unspecified atom stereocenters. The number of anilines is 1. The molecule has 1 aromatic heterocycles. The Hall–Kier alpha value is -3.16. The van der Waals surface area contributed by atoms with E-state index >= 15 is 0 Å². The fourth-order valence-corrected chi connectivity index (χ4v) is 2.88. The van der Waals surface area contributed by atoms with Crippen molar-refractivity contribution in [2.75, 3.05) is 26.1 Å². The number of nitrogens with zero attached hydrogens (tertiary/aromatic N) is 3. The molecule has 8 nitrogen and oxygen atoms in total. The van der Waals surface area contributed by atoms with E-state index in [0.717, 1.165) is 17.7 Å². The molecule has 0 spiro atoms. The Morgan fingerprint density at radius 3 is 2.96 bits per heavy atom. The van der Waals surface area contributed by atoms with Gasteiger partial charge in [0.25, 0.3) is 0 Å². The van der Waals surface area contributed by atoms with Crippen LogP contribution in [-0.4, -0.2) is 48.4 Å². The van der Waals surface area contributed by atoms with Crippen LogP contribution in [0.5, 0.6) is 5.75 Å². The molecule has 0 fully saturated rings. The molecule has 0 saturated carbocycles. The summed E-state index contributed by atoms with van der Waals surface area (Å²) >= 11 is 0. The number of hydrogen-bond donors (Lipinski definition) is 1. The van der Waals surface area contributed by atoms with Crippen molar-refractivity contribution in [2.45, 2.75) is 19.4 Å². The smallest absolute Gasteiger partial charge is 0.337 e. The summed E-state index contributed by atoms with van der Waals surface area (Å²) in [4.78, 5) is 31.8. The molecule has 0 radical (unpaired) electrons. The van der Waals surface area contributed by atoms with E-state index in [-0.39, 0.29) is 18.3 Å². The Bertz CT molecular complexity index is 857. The largest absolute Gasteiger partial charge is 0.496 e. The third-order valence-corrected chi connectivity index (χ3v) is 4.18. The second-order valence-electron chi connectivity index (χ2n) is 5.79. The number of aromatic nitrogens is 2. The maximum Gasteiger partial charge on any atom is 0.337 e. The van der Waals surface area contributed by atoms with Gasteiger partial charge in [0.2, 0.25) is 5.78 Å². The van der Waals surface area contributed by atoms with Gasteiger partial charge in [0.15, 0.2) is 5.69 Å². The Morgan fingerprint density at radius 1 is 1.35 bits per heavy atom. The topological polar surface area (TPSA) is 94.8 Å². The molecular formula is C18H20N4O4. The molecule has 8 heteroatoms. The first-order valence-corrected chi connectivity index (χ1v) is 8.22. The van der Waals surface area contributed by atoms with Crippen molar-refractivity contribution >= 4 is 23.9 Å². The van der Waals surface area contributed by atoms with Crippen LogP contribution in [0.25, 0.3) is 0 Å². The van der Waals surface area contributed by atoms with E-state index in [0.29, 0.717) is 30.0 Å². The number of carbonyl (C=O) groups excluding carboxylic acids is 2. The molecule has 3 rings (SSSR count). The minimum absolute atomic E-state index is 0.104. The summed E-state index contributed by atoms with van der Waals surface area (Å²) < 4.78 is 12.0. The first kappa shape index (κ1) is 17.7. The molecule has 0 amide bonds. The normalized spacial score (nSPS) is 12.9. The lowest BCUT2D eigenvalue weighted by atomic mass is 10.0. The van der Waals surface area contributed by atoms with Gasteiger partial charge in [-0.05, 0) is 36.6 Å². The number of ether oxygens (including phenoxy) is 2. The van der Waals surface area contributed by atoms with E-state index in [2.05, 4.69) is 15.3 Å². The molecule has 0 aliphatic carbocycles. The van der Waals surface area contributed by atoms with Crippen molar-refractivity contribution in [1.82, 2.24) is 9.55 Å². The van der Waals surface area contributed by atoms with Gasteiger partial charge in [0.1, 0.15) is 18.1 Å². The van der Waals surface area contributed by atoms with E-state index in [1.54, 1.807) is 31.6 Å². The van der Waals surface area contributed by atoms with E-state index < -0.39 is 0 Å². The number of rotatable bonds is 6. The minimum atomic E-state index is -0.379. The average molecular weight is 356 g/mol. The van der Waals surface area contributed by atoms with Gasteiger partial charge in [-0.1, -0.05) is 0 Å². The van der Waals surface area contributed by atoms with Gasteiger partial charge >= 0.3 is 5.97 Å². The van der Waals surface area contributed by atoms with Crippen molar-refractivity contribution < 1.29 is 19.1 Å². The van der Waals surface area contributed by atoms with Crippen LogP contribution in [0.4, 0.5) is 5.82 Å². The second-order valence-corrected chi connectivity index (χ2v) is 5.79. The number of esters is 1. The molecule has 1 aliphatic rings. The van der Waals surface area contributed by atoms with Crippen LogP contribution in [0.15, 0.2) is 29.5 Å². The molecule has 0 saturated heterocycles. The fraction of sp³-hybridized carbons (Fsp3) is 0.333. The molecule has 1 aliphatic heterocycles. The number of benzene rings is 1. The van der Waals surface area contributed by atoms with Crippen LogP contribution < -0.4 is 10.1 Å². The summed E-state index contributed by atoms with van der Waals surface area (Å²) in [6.45, 7) is 0.761.